The van der Waals surface area contributed by atoms with Gasteiger partial charge in [0.15, 0.2) is 5.84 Å². The van der Waals surface area contributed by atoms with Crippen LogP contribution >= 0.6 is 11.6 Å². The lowest BCUT2D eigenvalue weighted by molar-refractivity contribution is 0.475. The molecular weight excluding hydrogens is 338 g/mol. The third-order valence-corrected chi connectivity index (χ3v) is 3.93. The Kier molecular flexibility index (Phi) is 4.81. The number of nitrogens with two attached hydrogens (primary N) is 1. The highest BCUT2D eigenvalue weighted by molar-refractivity contribution is 6.32. The SMILES string of the molecule is Cc1nn(-c2ccccc2)c(Cl)c1/C=N/N=C(/N)c1ccc(O)cc1. The molecule has 0 atom stereocenters. The van der Waals surface area contributed by atoms with Crippen LogP contribution in [0.1, 0.15) is 16.8 Å². The number of phenols is 1. The zero-order valence-corrected chi connectivity index (χ0v) is 14.2. The third-order valence-electron chi connectivity index (χ3n) is 3.56. The molecule has 0 unspecified atom stereocenters. The lowest BCUT2D eigenvalue weighted by Gasteiger charge is -2.01. The van der Waals surface area contributed by atoms with E-state index in [0.29, 0.717) is 16.3 Å². The Balaban J connectivity index is 1.85. The number of rotatable bonds is 4. The fourth-order valence-corrected chi connectivity index (χ4v) is 2.56. The Morgan fingerprint density at radius 3 is 2.52 bits per heavy atom. The normalized spacial score (nSPS) is 12.0. The Morgan fingerprint density at radius 2 is 1.84 bits per heavy atom. The number of para-hydroxylation sites is 1. The van der Waals surface area contributed by atoms with Gasteiger partial charge in [0.1, 0.15) is 10.9 Å². The predicted molar refractivity (Wildman–Crippen MR) is 99.7 cm³/mol. The highest BCUT2D eigenvalue weighted by Crippen LogP contribution is 2.22. The molecule has 0 aliphatic carbocycles. The van der Waals surface area contributed by atoms with Gasteiger partial charge in [0.25, 0.3) is 0 Å². The third kappa shape index (κ3) is 3.70. The highest BCUT2D eigenvalue weighted by atomic mass is 35.5. The summed E-state index contributed by atoms with van der Waals surface area (Å²) in [6.45, 7) is 1.85. The Hall–Kier alpha value is -3.12. The molecule has 0 aliphatic rings. The standard InChI is InChI=1S/C18H16ClN5O/c1-12-16(17(19)24(23-12)14-5-3-2-4-6-14)11-21-22-18(20)13-7-9-15(25)10-8-13/h2-11,25H,1H3,(H2,20,22)/b21-11+. The summed E-state index contributed by atoms with van der Waals surface area (Å²) in [5.74, 6) is 0.399. The minimum atomic E-state index is 0.163. The van der Waals surface area contributed by atoms with E-state index in [0.717, 1.165) is 11.4 Å². The van der Waals surface area contributed by atoms with Crippen LogP contribution in [0.3, 0.4) is 0 Å². The number of phenolic OH excluding ortho intramolecular Hbond substituents is 1. The van der Waals surface area contributed by atoms with Gasteiger partial charge in [-0.3, -0.25) is 0 Å². The fraction of sp³-hybridized carbons (Fsp3) is 0.0556. The highest BCUT2D eigenvalue weighted by Gasteiger charge is 2.12. The number of hydrogen-bond donors (Lipinski definition) is 2. The van der Waals surface area contributed by atoms with Crippen LogP contribution in [0.25, 0.3) is 5.69 Å². The molecule has 3 aromatic rings. The summed E-state index contributed by atoms with van der Waals surface area (Å²) in [6, 6.07) is 16.0. The van der Waals surface area contributed by atoms with Crippen molar-refractivity contribution < 1.29 is 5.11 Å². The molecule has 0 aliphatic heterocycles. The van der Waals surface area contributed by atoms with E-state index in [9.17, 15) is 5.11 Å². The molecular formula is C18H16ClN5O. The van der Waals surface area contributed by atoms with Crippen molar-refractivity contribution in [2.45, 2.75) is 6.92 Å². The van der Waals surface area contributed by atoms with Crippen LogP contribution in [-0.4, -0.2) is 26.9 Å². The van der Waals surface area contributed by atoms with E-state index in [1.165, 1.54) is 18.3 Å². The maximum absolute atomic E-state index is 9.29. The molecule has 0 radical (unpaired) electrons. The molecule has 1 heterocycles. The zero-order chi connectivity index (χ0) is 17.8. The molecule has 0 saturated heterocycles. The second-order valence-corrected chi connectivity index (χ2v) is 5.67. The average molecular weight is 354 g/mol. The fourth-order valence-electron chi connectivity index (χ4n) is 2.24. The number of benzene rings is 2. The first-order valence-electron chi connectivity index (χ1n) is 7.52. The number of nitrogens with zero attached hydrogens (tertiary/aromatic N) is 4. The number of aryl methyl sites for hydroxylation is 1. The van der Waals surface area contributed by atoms with E-state index in [4.69, 9.17) is 17.3 Å². The van der Waals surface area contributed by atoms with Crippen LogP contribution in [0.15, 0.2) is 64.8 Å². The second-order valence-electron chi connectivity index (χ2n) is 5.31. The first-order chi connectivity index (χ1) is 12.1. The lowest BCUT2D eigenvalue weighted by atomic mass is 10.2. The van der Waals surface area contributed by atoms with Gasteiger partial charge in [0.05, 0.1) is 23.2 Å². The average Bonchev–Trinajstić information content (AvgIpc) is 2.91. The number of aromatic nitrogens is 2. The molecule has 3 rings (SSSR count). The van der Waals surface area contributed by atoms with Crippen LogP contribution in [-0.2, 0) is 0 Å². The molecule has 0 saturated carbocycles. The maximum Gasteiger partial charge on any atom is 0.153 e. The minimum Gasteiger partial charge on any atom is -0.508 e. The van der Waals surface area contributed by atoms with Gasteiger partial charge in [-0.1, -0.05) is 29.8 Å². The van der Waals surface area contributed by atoms with Crippen molar-refractivity contribution in [2.24, 2.45) is 15.9 Å². The summed E-state index contributed by atoms with van der Waals surface area (Å²) >= 11 is 6.42. The number of halogens is 1. The van der Waals surface area contributed by atoms with Crippen molar-refractivity contribution in [2.75, 3.05) is 0 Å². The molecule has 126 valence electrons. The first kappa shape index (κ1) is 16.7. The van der Waals surface area contributed by atoms with Crippen molar-refractivity contribution in [1.82, 2.24) is 9.78 Å². The van der Waals surface area contributed by atoms with E-state index >= 15 is 0 Å². The van der Waals surface area contributed by atoms with E-state index in [1.807, 2.05) is 37.3 Å². The van der Waals surface area contributed by atoms with Gasteiger partial charge in [0.2, 0.25) is 0 Å². The summed E-state index contributed by atoms with van der Waals surface area (Å²) in [7, 11) is 0. The largest absolute Gasteiger partial charge is 0.508 e. The Morgan fingerprint density at radius 1 is 1.16 bits per heavy atom. The molecule has 0 spiro atoms. The zero-order valence-electron chi connectivity index (χ0n) is 13.5. The van der Waals surface area contributed by atoms with Crippen LogP contribution in [0, 0.1) is 6.92 Å². The number of hydrogen-bond acceptors (Lipinski definition) is 4. The smallest absolute Gasteiger partial charge is 0.153 e. The molecule has 0 amide bonds. The molecule has 3 N–H and O–H groups in total. The van der Waals surface area contributed by atoms with Crippen LogP contribution in [0.2, 0.25) is 5.15 Å². The monoisotopic (exact) mass is 353 g/mol. The van der Waals surface area contributed by atoms with Crippen molar-refractivity contribution in [1.29, 1.82) is 0 Å². The van der Waals surface area contributed by atoms with E-state index in [1.54, 1.807) is 16.8 Å². The summed E-state index contributed by atoms with van der Waals surface area (Å²) in [6.07, 6.45) is 1.53. The van der Waals surface area contributed by atoms with Crippen LogP contribution in [0.5, 0.6) is 5.75 Å². The van der Waals surface area contributed by atoms with E-state index in [2.05, 4.69) is 15.3 Å². The van der Waals surface area contributed by atoms with E-state index < -0.39 is 0 Å². The first-order valence-corrected chi connectivity index (χ1v) is 7.90. The second kappa shape index (κ2) is 7.19. The maximum atomic E-state index is 9.29. The van der Waals surface area contributed by atoms with Gasteiger partial charge >= 0.3 is 0 Å². The van der Waals surface area contributed by atoms with Gasteiger partial charge < -0.3 is 10.8 Å². The number of aromatic hydroxyl groups is 1. The Bertz CT molecular complexity index is 930. The van der Waals surface area contributed by atoms with Crippen molar-refractivity contribution >= 4 is 23.7 Å². The van der Waals surface area contributed by atoms with Crippen molar-refractivity contribution in [3.8, 4) is 11.4 Å². The number of amidine groups is 1. The van der Waals surface area contributed by atoms with Crippen LogP contribution < -0.4 is 5.73 Å². The molecule has 7 heteroatoms. The summed E-state index contributed by atoms with van der Waals surface area (Å²) in [5.41, 5.74) is 8.82. The molecule has 0 bridgehead atoms. The quantitative estimate of drug-likeness (QED) is 0.428. The lowest BCUT2D eigenvalue weighted by Crippen LogP contribution is -2.12. The van der Waals surface area contributed by atoms with Crippen molar-refractivity contribution in [3.63, 3.8) is 0 Å². The summed E-state index contributed by atoms with van der Waals surface area (Å²) in [5, 5.41) is 22.1. The van der Waals surface area contributed by atoms with E-state index in [-0.39, 0.29) is 11.6 Å². The molecule has 6 nitrogen and oxygen atoms in total. The molecule has 25 heavy (non-hydrogen) atoms. The van der Waals surface area contributed by atoms with Gasteiger partial charge in [-0.2, -0.15) is 10.2 Å². The molecule has 1 aromatic heterocycles. The predicted octanol–water partition coefficient (Wildman–Crippen LogP) is 3.28. The van der Waals surface area contributed by atoms with Crippen LogP contribution in [0.4, 0.5) is 0 Å². The van der Waals surface area contributed by atoms with Gasteiger partial charge in [-0.15, -0.1) is 5.10 Å². The van der Waals surface area contributed by atoms with Gasteiger partial charge in [-0.05, 0) is 43.3 Å². The minimum absolute atomic E-state index is 0.163. The van der Waals surface area contributed by atoms with Crippen molar-refractivity contribution in [3.05, 3.63) is 76.6 Å². The topological polar surface area (TPSA) is 88.8 Å². The van der Waals surface area contributed by atoms with Gasteiger partial charge in [0, 0.05) is 5.56 Å². The van der Waals surface area contributed by atoms with Gasteiger partial charge in [-0.25, -0.2) is 4.68 Å². The summed E-state index contributed by atoms with van der Waals surface area (Å²) < 4.78 is 1.64. The summed E-state index contributed by atoms with van der Waals surface area (Å²) in [4.78, 5) is 0. The molecule has 2 aromatic carbocycles. The molecule has 0 fully saturated rings. The Labute approximate surface area is 149 Å².